The summed E-state index contributed by atoms with van der Waals surface area (Å²) in [5.74, 6) is 5.13. The Morgan fingerprint density at radius 3 is 2.70 bits per heavy atom. The number of hydrogen-bond acceptors (Lipinski definition) is 3. The third kappa shape index (κ3) is 5.33. The zero-order valence-corrected chi connectivity index (χ0v) is 24.2. The third-order valence-corrected chi connectivity index (χ3v) is 11.7. The summed E-state index contributed by atoms with van der Waals surface area (Å²) >= 11 is 0. The highest BCUT2D eigenvalue weighted by atomic mass is 16.5. The number of fused-ring (bicyclic) bond motifs is 5. The average Bonchev–Trinajstić information content (AvgIpc) is 3.50. The minimum atomic E-state index is -0.0644. The molecule has 1 aromatic rings. The fourth-order valence-electron chi connectivity index (χ4n) is 9.66. The van der Waals surface area contributed by atoms with Crippen molar-refractivity contribution in [3.05, 3.63) is 29.9 Å². The van der Waals surface area contributed by atoms with Crippen molar-refractivity contribution in [2.45, 2.75) is 124 Å². The second-order valence-electron chi connectivity index (χ2n) is 14.2. The van der Waals surface area contributed by atoms with Crippen LogP contribution in [0, 0.1) is 46.3 Å². The van der Waals surface area contributed by atoms with Crippen LogP contribution in [0.4, 0.5) is 0 Å². The molecule has 3 fully saturated rings. The van der Waals surface area contributed by atoms with E-state index in [2.05, 4.69) is 50.7 Å². The smallest absolute Gasteiger partial charge is 0.306 e. The third-order valence-electron chi connectivity index (χ3n) is 11.7. The van der Waals surface area contributed by atoms with E-state index in [1.165, 1.54) is 57.8 Å². The molecule has 0 aromatic carbocycles. The second-order valence-corrected chi connectivity index (χ2v) is 14.2. The van der Waals surface area contributed by atoms with Crippen LogP contribution in [-0.4, -0.2) is 22.0 Å². The van der Waals surface area contributed by atoms with Crippen molar-refractivity contribution >= 4 is 5.97 Å². The van der Waals surface area contributed by atoms with Crippen LogP contribution in [0.1, 0.15) is 117 Å². The normalized spacial score (nSPS) is 37.9. The molecule has 0 bridgehead atoms. The maximum absolute atomic E-state index is 12.5. The number of nitrogens with one attached hydrogen (secondary N) is 1. The van der Waals surface area contributed by atoms with Crippen molar-refractivity contribution in [1.29, 1.82) is 0 Å². The number of nitrogens with zero attached hydrogens (tertiary/aromatic N) is 1. The number of carbonyl (C=O) groups excluding carboxylic acids is 1. The van der Waals surface area contributed by atoms with E-state index in [0.29, 0.717) is 23.7 Å². The molecule has 0 aliphatic heterocycles. The van der Waals surface area contributed by atoms with E-state index in [-0.39, 0.29) is 12.1 Å². The van der Waals surface area contributed by atoms with Gasteiger partial charge in [-0.1, -0.05) is 65.5 Å². The SMILES string of the molecule is CC(C)CCC[C@H](C)C1CCC2C3CC=C4CC(OC(=O)CCc5cnc[nH]5)CCC4(C)C3CCC21C. The van der Waals surface area contributed by atoms with Gasteiger partial charge in [-0.15, -0.1) is 0 Å². The quantitative estimate of drug-likeness (QED) is 0.270. The van der Waals surface area contributed by atoms with Crippen molar-refractivity contribution in [2.75, 3.05) is 0 Å². The van der Waals surface area contributed by atoms with Gasteiger partial charge in [-0.05, 0) is 97.7 Å². The standard InChI is InChI=1S/C33H52N2O2/c1-22(2)7-6-8-23(3)28-12-13-29-27-11-9-24-19-26(37-31(36)14-10-25-20-34-21-35-25)15-17-32(24,4)30(27)16-18-33(28,29)5/h9,20-23,26-30H,6-8,10-19H2,1-5H3,(H,34,35)/t23-,26?,27?,28?,29?,30?,32?,33?/m0/s1. The first-order chi connectivity index (χ1) is 17.7. The first-order valence-electron chi connectivity index (χ1n) is 15.6. The van der Waals surface area contributed by atoms with Crippen molar-refractivity contribution in [2.24, 2.45) is 46.3 Å². The summed E-state index contributed by atoms with van der Waals surface area (Å²) in [6.45, 7) is 12.6. The van der Waals surface area contributed by atoms with Gasteiger partial charge in [-0.25, -0.2) is 4.98 Å². The zero-order valence-electron chi connectivity index (χ0n) is 24.2. The highest BCUT2D eigenvalue weighted by Gasteiger charge is 2.59. The minimum absolute atomic E-state index is 0.0570. The molecule has 4 aliphatic carbocycles. The summed E-state index contributed by atoms with van der Waals surface area (Å²) in [6, 6.07) is 0. The number of carbonyl (C=O) groups is 1. The first-order valence-corrected chi connectivity index (χ1v) is 15.6. The molecule has 5 rings (SSSR count). The fraction of sp³-hybridized carbons (Fsp3) is 0.818. The van der Waals surface area contributed by atoms with Gasteiger partial charge in [-0.2, -0.15) is 0 Å². The second kappa shape index (κ2) is 10.9. The molecular weight excluding hydrogens is 456 g/mol. The topological polar surface area (TPSA) is 55.0 Å². The van der Waals surface area contributed by atoms with E-state index in [9.17, 15) is 4.79 Å². The average molecular weight is 509 g/mol. The Morgan fingerprint density at radius 2 is 1.95 bits per heavy atom. The van der Waals surface area contributed by atoms with Crippen molar-refractivity contribution < 1.29 is 9.53 Å². The van der Waals surface area contributed by atoms with Crippen LogP contribution in [0.5, 0.6) is 0 Å². The number of hydrogen-bond donors (Lipinski definition) is 1. The minimum Gasteiger partial charge on any atom is -0.462 e. The van der Waals surface area contributed by atoms with Gasteiger partial charge in [-0.3, -0.25) is 4.79 Å². The number of aromatic amines is 1. The Balaban J connectivity index is 1.20. The fourth-order valence-corrected chi connectivity index (χ4v) is 9.66. The van der Waals surface area contributed by atoms with E-state index in [1.54, 1.807) is 18.1 Å². The monoisotopic (exact) mass is 508 g/mol. The number of H-pyrrole nitrogens is 1. The number of esters is 1. The Hall–Kier alpha value is -1.58. The highest BCUT2D eigenvalue weighted by Crippen LogP contribution is 2.67. The maximum Gasteiger partial charge on any atom is 0.306 e. The lowest BCUT2D eigenvalue weighted by molar-refractivity contribution is -0.151. The summed E-state index contributed by atoms with van der Waals surface area (Å²) in [7, 11) is 0. The molecule has 3 saturated carbocycles. The molecule has 4 nitrogen and oxygen atoms in total. The molecule has 1 aromatic heterocycles. The van der Waals surface area contributed by atoms with Crippen LogP contribution in [0.25, 0.3) is 0 Å². The predicted octanol–water partition coefficient (Wildman–Crippen LogP) is 8.30. The maximum atomic E-state index is 12.5. The van der Waals surface area contributed by atoms with Crippen LogP contribution in [-0.2, 0) is 16.0 Å². The Labute approximate surface area is 225 Å². The van der Waals surface area contributed by atoms with Crippen molar-refractivity contribution in [3.8, 4) is 0 Å². The zero-order chi connectivity index (χ0) is 26.2. The van der Waals surface area contributed by atoms with Crippen LogP contribution in [0.15, 0.2) is 24.2 Å². The van der Waals surface area contributed by atoms with Gasteiger partial charge < -0.3 is 9.72 Å². The molecule has 1 N–H and O–H groups in total. The van der Waals surface area contributed by atoms with Gasteiger partial charge >= 0.3 is 5.97 Å². The molecule has 0 radical (unpaired) electrons. The molecule has 0 amide bonds. The first kappa shape index (κ1) is 27.0. The summed E-state index contributed by atoms with van der Waals surface area (Å²) in [5.41, 5.74) is 3.45. The van der Waals surface area contributed by atoms with E-state index < -0.39 is 0 Å². The van der Waals surface area contributed by atoms with Gasteiger partial charge in [0.1, 0.15) is 6.10 Å². The Morgan fingerprint density at radius 1 is 1.11 bits per heavy atom. The van der Waals surface area contributed by atoms with Gasteiger partial charge in [0.05, 0.1) is 12.7 Å². The van der Waals surface area contributed by atoms with Crippen molar-refractivity contribution in [3.63, 3.8) is 0 Å². The number of rotatable bonds is 9. The van der Waals surface area contributed by atoms with Gasteiger partial charge in [0.2, 0.25) is 0 Å². The van der Waals surface area contributed by atoms with Crippen LogP contribution in [0.2, 0.25) is 0 Å². The number of ether oxygens (including phenoxy) is 1. The molecule has 1 heterocycles. The summed E-state index contributed by atoms with van der Waals surface area (Å²) in [5, 5.41) is 0. The van der Waals surface area contributed by atoms with Crippen LogP contribution < -0.4 is 0 Å². The lowest BCUT2D eigenvalue weighted by Gasteiger charge is -2.58. The molecule has 206 valence electrons. The Bertz CT molecular complexity index is 952. The largest absolute Gasteiger partial charge is 0.462 e. The predicted molar refractivity (Wildman–Crippen MR) is 150 cm³/mol. The molecule has 4 heteroatoms. The number of aryl methyl sites for hydroxylation is 1. The van der Waals surface area contributed by atoms with E-state index >= 15 is 0 Å². The summed E-state index contributed by atoms with van der Waals surface area (Å²) in [6.07, 6.45) is 21.6. The van der Waals surface area contributed by atoms with Crippen LogP contribution >= 0.6 is 0 Å². The number of imidazole rings is 1. The summed E-state index contributed by atoms with van der Waals surface area (Å²) in [4.78, 5) is 19.7. The van der Waals surface area contributed by atoms with E-state index in [0.717, 1.165) is 54.0 Å². The van der Waals surface area contributed by atoms with Gasteiger partial charge in [0, 0.05) is 18.3 Å². The van der Waals surface area contributed by atoms with E-state index in [4.69, 9.17) is 4.74 Å². The Kier molecular flexibility index (Phi) is 7.95. The number of aromatic nitrogens is 2. The molecule has 0 spiro atoms. The van der Waals surface area contributed by atoms with Crippen molar-refractivity contribution in [1.82, 2.24) is 9.97 Å². The summed E-state index contributed by atoms with van der Waals surface area (Å²) < 4.78 is 5.98. The molecular formula is C33H52N2O2. The molecule has 7 unspecified atom stereocenters. The lowest BCUT2D eigenvalue weighted by Crippen LogP contribution is -2.51. The molecule has 4 aliphatic rings. The molecule has 37 heavy (non-hydrogen) atoms. The highest BCUT2D eigenvalue weighted by molar-refractivity contribution is 5.69. The van der Waals surface area contributed by atoms with E-state index in [1.807, 2.05) is 0 Å². The lowest BCUT2D eigenvalue weighted by atomic mass is 9.47. The molecule has 0 saturated heterocycles. The van der Waals surface area contributed by atoms with Gasteiger partial charge in [0.15, 0.2) is 0 Å². The van der Waals surface area contributed by atoms with Crippen LogP contribution in [0.3, 0.4) is 0 Å². The van der Waals surface area contributed by atoms with Gasteiger partial charge in [0.25, 0.3) is 0 Å². The number of allylic oxidation sites excluding steroid dienone is 1. The molecule has 8 atom stereocenters.